The van der Waals surface area contributed by atoms with Gasteiger partial charge in [-0.2, -0.15) is 0 Å². The molecule has 4 nitrogen and oxygen atoms in total. The number of aliphatic carboxylic acids is 1. The van der Waals surface area contributed by atoms with Gasteiger partial charge < -0.3 is 9.52 Å². The number of rotatable bonds is 7. The normalized spacial score (nSPS) is 12.9. The number of carboxylic acid groups (broad SMARTS) is 1. The maximum atomic E-state index is 11.2. The molecule has 4 heteroatoms. The Morgan fingerprint density at radius 2 is 2.29 bits per heavy atom. The van der Waals surface area contributed by atoms with E-state index in [0.29, 0.717) is 13.0 Å². The van der Waals surface area contributed by atoms with Crippen molar-refractivity contribution in [3.8, 4) is 0 Å². The molecule has 1 aromatic heterocycles. The highest BCUT2D eigenvalue weighted by Gasteiger charge is 2.22. The van der Waals surface area contributed by atoms with Crippen LogP contribution in [0.5, 0.6) is 0 Å². The van der Waals surface area contributed by atoms with Crippen LogP contribution in [0.25, 0.3) is 0 Å². The fourth-order valence-corrected chi connectivity index (χ4v) is 1.88. The summed E-state index contributed by atoms with van der Waals surface area (Å²) < 4.78 is 5.21. The molecular formula is C13H21NO3. The maximum absolute atomic E-state index is 11.2. The van der Waals surface area contributed by atoms with E-state index in [2.05, 4.69) is 6.92 Å². The standard InChI is InChI=1S/C13H21NO3/c1-4-5-6-12(13(15)16)14(3)9-11-7-8-17-10(11)2/h7-8,12H,4-6,9H2,1-3H3,(H,15,16). The van der Waals surface area contributed by atoms with Crippen molar-refractivity contribution in [2.75, 3.05) is 7.05 Å². The van der Waals surface area contributed by atoms with Crippen LogP contribution in [0.4, 0.5) is 0 Å². The van der Waals surface area contributed by atoms with Crippen molar-refractivity contribution in [1.82, 2.24) is 4.90 Å². The molecule has 96 valence electrons. The third-order valence-corrected chi connectivity index (χ3v) is 3.03. The quantitative estimate of drug-likeness (QED) is 0.794. The highest BCUT2D eigenvalue weighted by molar-refractivity contribution is 5.73. The molecular weight excluding hydrogens is 218 g/mol. The number of carboxylic acids is 1. The fourth-order valence-electron chi connectivity index (χ4n) is 1.88. The van der Waals surface area contributed by atoms with Crippen molar-refractivity contribution in [1.29, 1.82) is 0 Å². The second-order valence-corrected chi connectivity index (χ2v) is 4.41. The van der Waals surface area contributed by atoms with Crippen LogP contribution in [0.1, 0.15) is 37.5 Å². The molecule has 1 N–H and O–H groups in total. The van der Waals surface area contributed by atoms with Crippen LogP contribution >= 0.6 is 0 Å². The monoisotopic (exact) mass is 239 g/mol. The average Bonchev–Trinajstić information content (AvgIpc) is 2.64. The van der Waals surface area contributed by atoms with Crippen LogP contribution in [0.2, 0.25) is 0 Å². The van der Waals surface area contributed by atoms with E-state index in [1.165, 1.54) is 0 Å². The van der Waals surface area contributed by atoms with Crippen molar-refractivity contribution in [2.24, 2.45) is 0 Å². The summed E-state index contributed by atoms with van der Waals surface area (Å²) in [7, 11) is 1.85. The zero-order chi connectivity index (χ0) is 12.8. The lowest BCUT2D eigenvalue weighted by atomic mass is 10.1. The largest absolute Gasteiger partial charge is 0.480 e. The highest BCUT2D eigenvalue weighted by atomic mass is 16.4. The summed E-state index contributed by atoms with van der Waals surface area (Å²) in [6, 6.07) is 1.48. The maximum Gasteiger partial charge on any atom is 0.320 e. The van der Waals surface area contributed by atoms with Gasteiger partial charge in [0.05, 0.1) is 6.26 Å². The fraction of sp³-hybridized carbons (Fsp3) is 0.615. The Balaban J connectivity index is 2.62. The summed E-state index contributed by atoms with van der Waals surface area (Å²) in [5.74, 6) is 0.110. The van der Waals surface area contributed by atoms with E-state index < -0.39 is 12.0 Å². The molecule has 1 atom stereocenters. The molecule has 0 aromatic carbocycles. The van der Waals surface area contributed by atoms with Gasteiger partial charge >= 0.3 is 5.97 Å². The van der Waals surface area contributed by atoms with Gasteiger partial charge in [0.15, 0.2) is 0 Å². The Labute approximate surface area is 102 Å². The molecule has 0 aliphatic carbocycles. The van der Waals surface area contributed by atoms with E-state index in [9.17, 15) is 9.90 Å². The third kappa shape index (κ3) is 3.89. The second kappa shape index (κ2) is 6.45. The number of likely N-dealkylation sites (N-methyl/N-ethyl adjacent to an activating group) is 1. The van der Waals surface area contributed by atoms with Crippen LogP contribution in [0.3, 0.4) is 0 Å². The zero-order valence-corrected chi connectivity index (χ0v) is 10.8. The van der Waals surface area contributed by atoms with Gasteiger partial charge in [0.2, 0.25) is 0 Å². The number of hydrogen-bond acceptors (Lipinski definition) is 3. The molecule has 0 saturated heterocycles. The van der Waals surface area contributed by atoms with Crippen LogP contribution in [0, 0.1) is 6.92 Å². The number of carbonyl (C=O) groups is 1. The Hall–Kier alpha value is -1.29. The van der Waals surface area contributed by atoms with Crippen LogP contribution in [0.15, 0.2) is 16.7 Å². The van der Waals surface area contributed by atoms with Gasteiger partial charge in [-0.05, 0) is 26.5 Å². The SMILES string of the molecule is CCCCC(C(=O)O)N(C)Cc1ccoc1C. The molecule has 0 aliphatic rings. The van der Waals surface area contributed by atoms with Crippen LogP contribution in [-0.4, -0.2) is 29.1 Å². The zero-order valence-electron chi connectivity index (χ0n) is 10.8. The molecule has 0 bridgehead atoms. The van der Waals surface area contributed by atoms with Gasteiger partial charge in [-0.25, -0.2) is 0 Å². The molecule has 0 radical (unpaired) electrons. The second-order valence-electron chi connectivity index (χ2n) is 4.41. The predicted molar refractivity (Wildman–Crippen MR) is 65.9 cm³/mol. The molecule has 0 fully saturated rings. The molecule has 0 aliphatic heterocycles. The van der Waals surface area contributed by atoms with Gasteiger partial charge in [-0.3, -0.25) is 9.69 Å². The summed E-state index contributed by atoms with van der Waals surface area (Å²) in [5.41, 5.74) is 1.05. The molecule has 1 heterocycles. The van der Waals surface area contributed by atoms with Gasteiger partial charge in [-0.1, -0.05) is 19.8 Å². The smallest absolute Gasteiger partial charge is 0.320 e. The predicted octanol–water partition coefficient (Wildman–Crippen LogP) is 2.66. The lowest BCUT2D eigenvalue weighted by Crippen LogP contribution is -2.38. The summed E-state index contributed by atoms with van der Waals surface area (Å²) in [5, 5.41) is 9.20. The number of hydrogen-bond donors (Lipinski definition) is 1. The number of unbranched alkanes of at least 4 members (excludes halogenated alkanes) is 1. The van der Waals surface area contributed by atoms with E-state index in [0.717, 1.165) is 24.2 Å². The lowest BCUT2D eigenvalue weighted by molar-refractivity contribution is -0.143. The van der Waals surface area contributed by atoms with Gasteiger partial charge in [-0.15, -0.1) is 0 Å². The first-order chi connectivity index (χ1) is 8.06. The molecule has 1 unspecified atom stereocenters. The molecule has 1 rings (SSSR count). The van der Waals surface area contributed by atoms with Crippen molar-refractivity contribution in [3.05, 3.63) is 23.7 Å². The first kappa shape index (κ1) is 13.8. The molecule has 0 saturated carbocycles. The van der Waals surface area contributed by atoms with E-state index in [4.69, 9.17) is 4.42 Å². The van der Waals surface area contributed by atoms with Crippen molar-refractivity contribution in [3.63, 3.8) is 0 Å². The van der Waals surface area contributed by atoms with E-state index in [1.807, 2.05) is 24.9 Å². The Morgan fingerprint density at radius 1 is 1.59 bits per heavy atom. The topological polar surface area (TPSA) is 53.7 Å². The molecule has 0 amide bonds. The van der Waals surface area contributed by atoms with Gasteiger partial charge in [0.25, 0.3) is 0 Å². The van der Waals surface area contributed by atoms with Crippen LogP contribution < -0.4 is 0 Å². The highest BCUT2D eigenvalue weighted by Crippen LogP contribution is 2.15. The summed E-state index contributed by atoms with van der Waals surface area (Å²) in [6.07, 6.45) is 4.29. The number of furan rings is 1. The van der Waals surface area contributed by atoms with Crippen molar-refractivity contribution >= 4 is 5.97 Å². The average molecular weight is 239 g/mol. The first-order valence-electron chi connectivity index (χ1n) is 6.02. The third-order valence-electron chi connectivity index (χ3n) is 3.03. The lowest BCUT2D eigenvalue weighted by Gasteiger charge is -2.24. The minimum atomic E-state index is -0.748. The molecule has 0 spiro atoms. The first-order valence-corrected chi connectivity index (χ1v) is 6.02. The van der Waals surface area contributed by atoms with Crippen LogP contribution in [-0.2, 0) is 11.3 Å². The Kier molecular flexibility index (Phi) is 5.22. The van der Waals surface area contributed by atoms with E-state index >= 15 is 0 Å². The number of aryl methyl sites for hydroxylation is 1. The van der Waals surface area contributed by atoms with Crippen molar-refractivity contribution < 1.29 is 14.3 Å². The van der Waals surface area contributed by atoms with Crippen molar-refractivity contribution in [2.45, 2.75) is 45.7 Å². The van der Waals surface area contributed by atoms with Gasteiger partial charge in [0, 0.05) is 12.1 Å². The summed E-state index contributed by atoms with van der Waals surface area (Å²) in [6.45, 7) is 4.58. The Bertz CT molecular complexity index is 359. The minimum absolute atomic E-state index is 0.413. The summed E-state index contributed by atoms with van der Waals surface area (Å²) >= 11 is 0. The van der Waals surface area contributed by atoms with E-state index in [-0.39, 0.29) is 0 Å². The van der Waals surface area contributed by atoms with E-state index in [1.54, 1.807) is 6.26 Å². The molecule has 1 aromatic rings. The number of nitrogens with zero attached hydrogens (tertiary/aromatic N) is 1. The Morgan fingerprint density at radius 3 is 2.76 bits per heavy atom. The molecule has 17 heavy (non-hydrogen) atoms. The van der Waals surface area contributed by atoms with Gasteiger partial charge in [0.1, 0.15) is 11.8 Å². The minimum Gasteiger partial charge on any atom is -0.480 e. The summed E-state index contributed by atoms with van der Waals surface area (Å²) in [4.78, 5) is 13.1.